The number of ether oxygens (including phenoxy) is 1. The van der Waals surface area contributed by atoms with E-state index in [0.717, 1.165) is 29.2 Å². The van der Waals surface area contributed by atoms with Crippen molar-refractivity contribution in [1.82, 2.24) is 9.88 Å². The van der Waals surface area contributed by atoms with Gasteiger partial charge in [-0.05, 0) is 66.3 Å². The minimum Gasteiger partial charge on any atom is -0.496 e. The van der Waals surface area contributed by atoms with E-state index >= 15 is 0 Å². The lowest BCUT2D eigenvalue weighted by Gasteiger charge is -2.35. The largest absolute Gasteiger partial charge is 0.496 e. The molecule has 2 unspecified atom stereocenters. The van der Waals surface area contributed by atoms with E-state index in [2.05, 4.69) is 17.6 Å². The summed E-state index contributed by atoms with van der Waals surface area (Å²) in [4.78, 5) is 18.6. The topological polar surface area (TPSA) is 42.4 Å². The van der Waals surface area contributed by atoms with Crippen LogP contribution in [0.5, 0.6) is 0 Å². The molecule has 0 saturated carbocycles. The summed E-state index contributed by atoms with van der Waals surface area (Å²) in [6, 6.07) is 7.21. The average Bonchev–Trinajstić information content (AvgIpc) is 3.28. The van der Waals surface area contributed by atoms with Crippen molar-refractivity contribution in [2.75, 3.05) is 13.7 Å². The molecule has 4 nitrogen and oxygen atoms in total. The number of aromatic nitrogens is 1. The molecule has 1 saturated heterocycles. The molecular formula is C28H28F2N2O2. The zero-order valence-corrected chi connectivity index (χ0v) is 19.4. The first kappa shape index (κ1) is 23.6. The molecule has 1 fully saturated rings. The van der Waals surface area contributed by atoms with Crippen LogP contribution in [0.25, 0.3) is 11.1 Å². The lowest BCUT2D eigenvalue weighted by Crippen LogP contribution is -2.40. The molecule has 1 aromatic heterocycles. The van der Waals surface area contributed by atoms with Crippen LogP contribution in [0.3, 0.4) is 0 Å². The number of likely N-dealkylation sites (tertiary alicyclic amines) is 1. The van der Waals surface area contributed by atoms with E-state index in [9.17, 15) is 13.6 Å². The van der Waals surface area contributed by atoms with Crippen molar-refractivity contribution in [3.05, 3.63) is 102 Å². The molecule has 0 spiro atoms. The molecule has 2 aliphatic rings. The lowest BCUT2D eigenvalue weighted by atomic mass is 9.81. The maximum atomic E-state index is 14.6. The van der Waals surface area contributed by atoms with Crippen LogP contribution in [0.15, 0.2) is 78.9 Å². The van der Waals surface area contributed by atoms with E-state index in [-0.39, 0.29) is 17.9 Å². The van der Waals surface area contributed by atoms with Crippen molar-refractivity contribution in [3.63, 3.8) is 0 Å². The highest BCUT2D eigenvalue weighted by Gasteiger charge is 2.34. The van der Waals surface area contributed by atoms with Gasteiger partial charge in [-0.2, -0.15) is 0 Å². The van der Waals surface area contributed by atoms with Crippen molar-refractivity contribution in [2.45, 2.75) is 32.2 Å². The second-order valence-electron chi connectivity index (χ2n) is 8.62. The molecule has 34 heavy (non-hydrogen) atoms. The second kappa shape index (κ2) is 10.2. The van der Waals surface area contributed by atoms with Crippen molar-refractivity contribution < 1.29 is 18.3 Å². The number of rotatable bonds is 7. The van der Waals surface area contributed by atoms with Gasteiger partial charge in [0.05, 0.1) is 7.11 Å². The van der Waals surface area contributed by atoms with E-state index in [1.807, 2.05) is 30.0 Å². The van der Waals surface area contributed by atoms with E-state index in [1.165, 1.54) is 12.1 Å². The molecule has 0 radical (unpaired) electrons. The van der Waals surface area contributed by atoms with Crippen LogP contribution in [0, 0.1) is 17.6 Å². The first-order valence-electron chi connectivity index (χ1n) is 11.4. The standard InChI is InChI=1S/C28H28F2N2O2/c1-18(20-6-4-12-31-17-20)8-10-24-25(19(2)32-13-5-7-28(32)33)14-21(15-27(24)34-3)23-11-9-22(29)16-26(23)30/h4,6,9-12,14-17,19,25H,1,5,7-8,13H2,2-3H3. The number of carbonyl (C=O) groups excluding carboxylic acids is 1. The van der Waals surface area contributed by atoms with Gasteiger partial charge in [-0.1, -0.05) is 24.8 Å². The molecule has 0 bridgehead atoms. The Morgan fingerprint density at radius 2 is 2.18 bits per heavy atom. The van der Waals surface area contributed by atoms with Gasteiger partial charge in [0, 0.05) is 48.9 Å². The molecule has 0 N–H and O–H groups in total. The monoisotopic (exact) mass is 462 g/mol. The van der Waals surface area contributed by atoms with Crippen LogP contribution in [0.2, 0.25) is 0 Å². The molecule has 1 aliphatic heterocycles. The maximum Gasteiger partial charge on any atom is 0.222 e. The minimum absolute atomic E-state index is 0.114. The summed E-state index contributed by atoms with van der Waals surface area (Å²) in [5, 5.41) is 0. The number of methoxy groups -OCH3 is 1. The zero-order chi connectivity index (χ0) is 24.2. The van der Waals surface area contributed by atoms with Crippen LogP contribution >= 0.6 is 0 Å². The van der Waals surface area contributed by atoms with Crippen molar-refractivity contribution in [1.29, 1.82) is 0 Å². The summed E-state index contributed by atoms with van der Waals surface area (Å²) in [5.41, 5.74) is 3.65. The first-order chi connectivity index (χ1) is 16.4. The molecule has 1 aromatic carbocycles. The number of benzene rings is 1. The Morgan fingerprint density at radius 3 is 2.82 bits per heavy atom. The summed E-state index contributed by atoms with van der Waals surface area (Å²) in [6.07, 6.45) is 11.2. The fourth-order valence-corrected chi connectivity index (χ4v) is 4.64. The molecule has 4 rings (SSSR count). The molecule has 2 aromatic rings. The number of carbonyl (C=O) groups is 1. The van der Waals surface area contributed by atoms with Gasteiger partial charge in [-0.3, -0.25) is 9.78 Å². The summed E-state index contributed by atoms with van der Waals surface area (Å²) in [7, 11) is 1.57. The van der Waals surface area contributed by atoms with Crippen LogP contribution in [0.1, 0.15) is 37.3 Å². The molecule has 176 valence electrons. The Bertz CT molecular complexity index is 1180. The Kier molecular flexibility index (Phi) is 7.06. The van der Waals surface area contributed by atoms with Crippen LogP contribution < -0.4 is 0 Å². The number of allylic oxidation sites excluding steroid dienone is 5. The fourth-order valence-electron chi connectivity index (χ4n) is 4.64. The number of pyridine rings is 1. The summed E-state index contributed by atoms with van der Waals surface area (Å²) in [5.74, 6) is -0.801. The van der Waals surface area contributed by atoms with Gasteiger partial charge < -0.3 is 9.64 Å². The zero-order valence-electron chi connectivity index (χ0n) is 19.4. The normalized spacial score (nSPS) is 20.2. The SMILES string of the molecule is C=C(CC=C1C(OC)=CC(c2ccc(F)cc2F)=CC1C(C)N1CCCC1=O)c1cccnc1. The highest BCUT2D eigenvalue weighted by molar-refractivity contribution is 5.80. The second-order valence-corrected chi connectivity index (χ2v) is 8.62. The summed E-state index contributed by atoms with van der Waals surface area (Å²) in [6.45, 7) is 6.88. The van der Waals surface area contributed by atoms with E-state index in [4.69, 9.17) is 4.74 Å². The summed E-state index contributed by atoms with van der Waals surface area (Å²) < 4.78 is 33.9. The van der Waals surface area contributed by atoms with Gasteiger partial charge in [-0.25, -0.2) is 8.78 Å². The molecule has 1 amide bonds. The predicted molar refractivity (Wildman–Crippen MR) is 129 cm³/mol. The smallest absolute Gasteiger partial charge is 0.222 e. The fraction of sp³-hybridized carbons (Fsp3) is 0.286. The molecule has 6 heteroatoms. The Morgan fingerprint density at radius 1 is 1.35 bits per heavy atom. The molecule has 2 atom stereocenters. The van der Waals surface area contributed by atoms with Gasteiger partial charge >= 0.3 is 0 Å². The van der Waals surface area contributed by atoms with Crippen molar-refractivity contribution >= 4 is 17.1 Å². The average molecular weight is 463 g/mol. The van der Waals surface area contributed by atoms with Gasteiger partial charge in [0.25, 0.3) is 0 Å². The third-order valence-electron chi connectivity index (χ3n) is 6.51. The number of nitrogens with zero attached hydrogens (tertiary/aromatic N) is 2. The Labute approximate surface area is 199 Å². The van der Waals surface area contributed by atoms with Crippen molar-refractivity contribution in [2.24, 2.45) is 5.92 Å². The minimum atomic E-state index is -0.640. The number of hydrogen-bond donors (Lipinski definition) is 0. The quantitative estimate of drug-likeness (QED) is 0.511. The van der Waals surface area contributed by atoms with E-state index in [1.54, 1.807) is 25.6 Å². The van der Waals surface area contributed by atoms with Gasteiger partial charge in [-0.15, -0.1) is 0 Å². The molecule has 1 aliphatic carbocycles. The number of amides is 1. The van der Waals surface area contributed by atoms with Gasteiger partial charge in [0.1, 0.15) is 17.4 Å². The number of hydrogen-bond acceptors (Lipinski definition) is 3. The summed E-state index contributed by atoms with van der Waals surface area (Å²) >= 11 is 0. The van der Waals surface area contributed by atoms with Crippen LogP contribution in [-0.2, 0) is 9.53 Å². The maximum absolute atomic E-state index is 14.6. The number of halogens is 2. The third-order valence-corrected chi connectivity index (χ3v) is 6.51. The van der Waals surface area contributed by atoms with Gasteiger partial charge in [0.15, 0.2) is 0 Å². The molecular weight excluding hydrogens is 434 g/mol. The van der Waals surface area contributed by atoms with Crippen LogP contribution in [-0.4, -0.2) is 35.5 Å². The Balaban J connectivity index is 1.74. The van der Waals surface area contributed by atoms with E-state index in [0.29, 0.717) is 36.3 Å². The molecule has 2 heterocycles. The van der Waals surface area contributed by atoms with E-state index < -0.39 is 11.6 Å². The Hall–Kier alpha value is -3.54. The van der Waals surface area contributed by atoms with Gasteiger partial charge in [0.2, 0.25) is 5.91 Å². The first-order valence-corrected chi connectivity index (χ1v) is 11.4. The lowest BCUT2D eigenvalue weighted by molar-refractivity contribution is -0.129. The predicted octanol–water partition coefficient (Wildman–Crippen LogP) is 5.94. The highest BCUT2D eigenvalue weighted by atomic mass is 19.1. The van der Waals surface area contributed by atoms with Crippen molar-refractivity contribution in [3.8, 4) is 0 Å². The third kappa shape index (κ3) is 4.86. The van der Waals surface area contributed by atoms with Crippen LogP contribution in [0.4, 0.5) is 8.78 Å². The highest BCUT2D eigenvalue weighted by Crippen LogP contribution is 2.39.